The smallest absolute Gasteiger partial charge is 0.326 e. The van der Waals surface area contributed by atoms with E-state index in [2.05, 4.69) is 6.92 Å². The van der Waals surface area contributed by atoms with Gasteiger partial charge in [0.05, 0.1) is 6.61 Å². The highest BCUT2D eigenvalue weighted by molar-refractivity contribution is 5.96. The number of carboxylic acids is 1. The first-order valence-corrected chi connectivity index (χ1v) is 7.30. The molecule has 1 saturated heterocycles. The van der Waals surface area contributed by atoms with Gasteiger partial charge in [-0.3, -0.25) is 4.79 Å². The molecule has 1 heterocycles. The summed E-state index contributed by atoms with van der Waals surface area (Å²) in [5.41, 5.74) is 1.19. The second kappa shape index (κ2) is 6.72. The van der Waals surface area contributed by atoms with Gasteiger partial charge in [-0.2, -0.15) is 0 Å². The number of nitrogens with zero attached hydrogens (tertiary/aromatic N) is 1. The molecular formula is C16H21NO4. The maximum atomic E-state index is 12.5. The van der Waals surface area contributed by atoms with Crippen LogP contribution in [0.5, 0.6) is 0 Å². The highest BCUT2D eigenvalue weighted by Crippen LogP contribution is 2.27. The summed E-state index contributed by atoms with van der Waals surface area (Å²) in [5, 5.41) is 18.4. The van der Waals surface area contributed by atoms with Crippen molar-refractivity contribution < 1.29 is 19.8 Å². The Labute approximate surface area is 124 Å². The fourth-order valence-corrected chi connectivity index (χ4v) is 2.80. The molecule has 0 spiro atoms. The average Bonchev–Trinajstić information content (AvgIpc) is 2.53. The van der Waals surface area contributed by atoms with Crippen LogP contribution >= 0.6 is 0 Å². The number of aliphatic carboxylic acids is 1. The van der Waals surface area contributed by atoms with E-state index in [9.17, 15) is 14.7 Å². The minimum Gasteiger partial charge on any atom is -0.480 e. The van der Waals surface area contributed by atoms with Crippen LogP contribution in [0.4, 0.5) is 0 Å². The van der Waals surface area contributed by atoms with Gasteiger partial charge in [0.1, 0.15) is 6.04 Å². The largest absolute Gasteiger partial charge is 0.480 e. The lowest BCUT2D eigenvalue weighted by Crippen LogP contribution is -2.50. The summed E-state index contributed by atoms with van der Waals surface area (Å²) in [4.78, 5) is 25.4. The SMILES string of the molecule is CCC1CCN(C(=O)c2ccc(CO)cc2)C(C(=O)O)C1. The van der Waals surface area contributed by atoms with Gasteiger partial charge in [-0.15, -0.1) is 0 Å². The van der Waals surface area contributed by atoms with Crippen LogP contribution in [0.3, 0.4) is 0 Å². The lowest BCUT2D eigenvalue weighted by Gasteiger charge is -2.37. The zero-order valence-corrected chi connectivity index (χ0v) is 12.2. The summed E-state index contributed by atoms with van der Waals surface area (Å²) in [6.07, 6.45) is 2.31. The molecule has 21 heavy (non-hydrogen) atoms. The van der Waals surface area contributed by atoms with E-state index in [1.165, 1.54) is 4.90 Å². The van der Waals surface area contributed by atoms with Crippen LogP contribution in [-0.2, 0) is 11.4 Å². The Bertz CT molecular complexity index is 512. The maximum absolute atomic E-state index is 12.5. The molecule has 2 atom stereocenters. The Morgan fingerprint density at radius 2 is 1.95 bits per heavy atom. The number of rotatable bonds is 4. The Kier molecular flexibility index (Phi) is 4.96. The number of hydrogen-bond acceptors (Lipinski definition) is 3. The topological polar surface area (TPSA) is 77.8 Å². The Balaban J connectivity index is 2.17. The van der Waals surface area contributed by atoms with E-state index in [0.29, 0.717) is 24.4 Å². The number of piperidine rings is 1. The number of likely N-dealkylation sites (tertiary alicyclic amines) is 1. The molecule has 1 aromatic carbocycles. The molecule has 1 amide bonds. The van der Waals surface area contributed by atoms with E-state index in [1.54, 1.807) is 24.3 Å². The fourth-order valence-electron chi connectivity index (χ4n) is 2.80. The number of carboxylic acid groups (broad SMARTS) is 1. The number of aliphatic hydroxyl groups excluding tert-OH is 1. The van der Waals surface area contributed by atoms with Gasteiger partial charge in [0.15, 0.2) is 0 Å². The van der Waals surface area contributed by atoms with Crippen LogP contribution in [0.1, 0.15) is 42.1 Å². The second-order valence-electron chi connectivity index (χ2n) is 5.51. The molecule has 0 saturated carbocycles. The molecule has 2 N–H and O–H groups in total. The number of hydrogen-bond donors (Lipinski definition) is 2. The van der Waals surface area contributed by atoms with Crippen LogP contribution in [0.25, 0.3) is 0 Å². The maximum Gasteiger partial charge on any atom is 0.326 e. The molecule has 1 fully saturated rings. The summed E-state index contributed by atoms with van der Waals surface area (Å²) in [7, 11) is 0. The van der Waals surface area contributed by atoms with E-state index in [0.717, 1.165) is 18.4 Å². The van der Waals surface area contributed by atoms with Gasteiger partial charge in [-0.1, -0.05) is 25.5 Å². The third kappa shape index (κ3) is 3.42. The van der Waals surface area contributed by atoms with Crippen LogP contribution in [0, 0.1) is 5.92 Å². The van der Waals surface area contributed by atoms with Crippen molar-refractivity contribution in [3.8, 4) is 0 Å². The quantitative estimate of drug-likeness (QED) is 0.888. The first kappa shape index (κ1) is 15.5. The summed E-state index contributed by atoms with van der Waals surface area (Å²) >= 11 is 0. The molecule has 1 aliphatic rings. The number of benzene rings is 1. The fraction of sp³-hybridized carbons (Fsp3) is 0.500. The Morgan fingerprint density at radius 1 is 1.29 bits per heavy atom. The van der Waals surface area contributed by atoms with Crippen LogP contribution in [0.15, 0.2) is 24.3 Å². The average molecular weight is 291 g/mol. The summed E-state index contributed by atoms with van der Waals surface area (Å²) in [6, 6.07) is 5.90. The molecule has 0 bridgehead atoms. The van der Waals surface area contributed by atoms with Gasteiger partial charge in [0.25, 0.3) is 5.91 Å². The number of aliphatic hydroxyl groups is 1. The molecule has 0 aromatic heterocycles. The zero-order valence-electron chi connectivity index (χ0n) is 12.2. The van der Waals surface area contributed by atoms with Gasteiger partial charge in [-0.25, -0.2) is 4.79 Å². The first-order chi connectivity index (χ1) is 10.1. The van der Waals surface area contributed by atoms with Gasteiger partial charge < -0.3 is 15.1 Å². The van der Waals surface area contributed by atoms with E-state index in [1.807, 2.05) is 0 Å². The lowest BCUT2D eigenvalue weighted by atomic mass is 9.88. The Hall–Kier alpha value is -1.88. The minimum atomic E-state index is -0.937. The second-order valence-corrected chi connectivity index (χ2v) is 5.51. The van der Waals surface area contributed by atoms with Crippen molar-refractivity contribution in [2.75, 3.05) is 6.54 Å². The van der Waals surface area contributed by atoms with Crippen molar-refractivity contribution in [1.82, 2.24) is 4.90 Å². The van der Waals surface area contributed by atoms with Gasteiger partial charge in [0, 0.05) is 12.1 Å². The molecule has 0 aliphatic carbocycles. The summed E-state index contributed by atoms with van der Waals surface area (Å²) in [6.45, 7) is 2.46. The first-order valence-electron chi connectivity index (χ1n) is 7.30. The van der Waals surface area contributed by atoms with Crippen molar-refractivity contribution in [2.45, 2.75) is 38.8 Å². The third-order valence-corrected chi connectivity index (χ3v) is 4.22. The highest BCUT2D eigenvalue weighted by atomic mass is 16.4. The van der Waals surface area contributed by atoms with E-state index < -0.39 is 12.0 Å². The van der Waals surface area contributed by atoms with E-state index >= 15 is 0 Å². The molecule has 0 radical (unpaired) electrons. The molecular weight excluding hydrogens is 270 g/mol. The Morgan fingerprint density at radius 3 is 2.48 bits per heavy atom. The molecule has 5 heteroatoms. The number of carbonyl (C=O) groups is 2. The van der Waals surface area contributed by atoms with Crippen molar-refractivity contribution in [3.63, 3.8) is 0 Å². The lowest BCUT2D eigenvalue weighted by molar-refractivity contribution is -0.144. The van der Waals surface area contributed by atoms with Crippen molar-refractivity contribution in [3.05, 3.63) is 35.4 Å². The standard InChI is InChI=1S/C16H21NO4/c1-2-11-7-8-17(14(9-11)16(20)21)15(19)13-5-3-12(10-18)4-6-13/h3-6,11,14,18H,2,7-10H2,1H3,(H,20,21). The van der Waals surface area contributed by atoms with Crippen molar-refractivity contribution in [1.29, 1.82) is 0 Å². The predicted octanol–water partition coefficient (Wildman–Crippen LogP) is 1.89. The number of amides is 1. The van der Waals surface area contributed by atoms with Crippen LogP contribution < -0.4 is 0 Å². The predicted molar refractivity (Wildman–Crippen MR) is 77.8 cm³/mol. The van der Waals surface area contributed by atoms with Crippen LogP contribution in [-0.4, -0.2) is 39.6 Å². The molecule has 2 rings (SSSR count). The minimum absolute atomic E-state index is 0.0753. The summed E-state index contributed by atoms with van der Waals surface area (Å²) < 4.78 is 0. The zero-order chi connectivity index (χ0) is 15.4. The van der Waals surface area contributed by atoms with E-state index in [-0.39, 0.29) is 12.5 Å². The van der Waals surface area contributed by atoms with Gasteiger partial charge >= 0.3 is 5.97 Å². The number of carbonyl (C=O) groups excluding carboxylic acids is 1. The van der Waals surface area contributed by atoms with Gasteiger partial charge in [-0.05, 0) is 36.5 Å². The normalized spacial score (nSPS) is 22.1. The third-order valence-electron chi connectivity index (χ3n) is 4.22. The van der Waals surface area contributed by atoms with Gasteiger partial charge in [0.2, 0.25) is 0 Å². The van der Waals surface area contributed by atoms with Crippen molar-refractivity contribution >= 4 is 11.9 Å². The molecule has 1 aliphatic heterocycles. The molecule has 2 unspecified atom stereocenters. The molecule has 114 valence electrons. The highest BCUT2D eigenvalue weighted by Gasteiger charge is 2.35. The monoisotopic (exact) mass is 291 g/mol. The molecule has 1 aromatic rings. The summed E-state index contributed by atoms with van der Waals surface area (Å²) in [5.74, 6) is -0.818. The van der Waals surface area contributed by atoms with Crippen LogP contribution in [0.2, 0.25) is 0 Å². The van der Waals surface area contributed by atoms with Crippen molar-refractivity contribution in [2.24, 2.45) is 5.92 Å². The molecule has 5 nitrogen and oxygen atoms in total. The van der Waals surface area contributed by atoms with E-state index in [4.69, 9.17) is 5.11 Å².